The number of oxime groups is 1. The molecule has 0 aromatic heterocycles. The lowest BCUT2D eigenvalue weighted by atomic mass is 10.1. The number of nitrogen functional groups attached to an aromatic ring is 1. The summed E-state index contributed by atoms with van der Waals surface area (Å²) in [5.74, 6) is 0.784. The number of rotatable bonds is 2. The summed E-state index contributed by atoms with van der Waals surface area (Å²) in [6.45, 7) is 3.96. The molecule has 1 heterocycles. The lowest BCUT2D eigenvalue weighted by molar-refractivity contribution is 0.154. The molecule has 2 N–H and O–H groups in total. The summed E-state index contributed by atoms with van der Waals surface area (Å²) in [6, 6.07) is 5.85. The van der Waals surface area contributed by atoms with Gasteiger partial charge in [-0.1, -0.05) is 5.16 Å². The van der Waals surface area contributed by atoms with Crippen LogP contribution in [0.15, 0.2) is 23.4 Å². The highest BCUT2D eigenvalue weighted by Crippen LogP contribution is 2.24. The Morgan fingerprint density at radius 3 is 3.00 bits per heavy atom. The summed E-state index contributed by atoms with van der Waals surface area (Å²) in [5, 5.41) is 3.99. The van der Waals surface area contributed by atoms with E-state index in [1.165, 1.54) is 7.11 Å². The maximum atomic E-state index is 5.75. The van der Waals surface area contributed by atoms with Crippen LogP contribution in [0.5, 0.6) is 0 Å². The molecule has 0 aliphatic carbocycles. The van der Waals surface area contributed by atoms with Gasteiger partial charge < -0.3 is 20.2 Å². The molecular weight excluding hydrogens is 218 g/mol. The van der Waals surface area contributed by atoms with Crippen LogP contribution in [0, 0.1) is 6.92 Å². The predicted octanol–water partition coefficient (Wildman–Crippen LogP) is 1.37. The number of amidine groups is 1. The van der Waals surface area contributed by atoms with Crippen LogP contribution in [-0.4, -0.2) is 32.7 Å². The van der Waals surface area contributed by atoms with E-state index in [1.807, 2.05) is 25.1 Å². The minimum absolute atomic E-state index is 0.470. The van der Waals surface area contributed by atoms with Crippen molar-refractivity contribution in [3.05, 3.63) is 23.8 Å². The first-order valence-electron chi connectivity index (χ1n) is 5.54. The van der Waals surface area contributed by atoms with E-state index in [-0.39, 0.29) is 0 Å². The number of hydrogen-bond donors (Lipinski definition) is 1. The molecular formula is C12H17N3O2. The zero-order valence-electron chi connectivity index (χ0n) is 10.1. The average Bonchev–Trinajstić information content (AvgIpc) is 2.31. The van der Waals surface area contributed by atoms with Crippen LogP contribution in [0.2, 0.25) is 0 Å². The van der Waals surface area contributed by atoms with E-state index < -0.39 is 0 Å². The molecule has 0 amide bonds. The maximum Gasteiger partial charge on any atom is 0.175 e. The molecule has 5 heteroatoms. The second kappa shape index (κ2) is 5.05. The van der Waals surface area contributed by atoms with Crippen LogP contribution in [-0.2, 0) is 9.57 Å². The molecule has 92 valence electrons. The van der Waals surface area contributed by atoms with Gasteiger partial charge in [0.1, 0.15) is 13.7 Å². The van der Waals surface area contributed by atoms with Gasteiger partial charge in [0.05, 0.1) is 6.61 Å². The van der Waals surface area contributed by atoms with Crippen LogP contribution >= 0.6 is 0 Å². The number of benzene rings is 1. The van der Waals surface area contributed by atoms with E-state index in [1.54, 1.807) is 0 Å². The zero-order valence-corrected chi connectivity index (χ0v) is 10.1. The van der Waals surface area contributed by atoms with Gasteiger partial charge in [-0.25, -0.2) is 0 Å². The third-order valence-corrected chi connectivity index (χ3v) is 2.71. The van der Waals surface area contributed by atoms with E-state index in [9.17, 15) is 0 Å². The second-order valence-corrected chi connectivity index (χ2v) is 3.94. The first-order chi connectivity index (χ1) is 8.22. The van der Waals surface area contributed by atoms with Crippen LogP contribution < -0.4 is 10.6 Å². The molecule has 0 bridgehead atoms. The van der Waals surface area contributed by atoms with Gasteiger partial charge in [0, 0.05) is 17.9 Å². The van der Waals surface area contributed by atoms with Gasteiger partial charge in [-0.3, -0.25) is 0 Å². The average molecular weight is 235 g/mol. The largest absolute Gasteiger partial charge is 0.399 e. The Balaban J connectivity index is 2.33. The van der Waals surface area contributed by atoms with Gasteiger partial charge in [-0.15, -0.1) is 0 Å². The van der Waals surface area contributed by atoms with Crippen molar-refractivity contribution in [3.63, 3.8) is 0 Å². The molecule has 17 heavy (non-hydrogen) atoms. The van der Waals surface area contributed by atoms with Crippen LogP contribution in [0.3, 0.4) is 0 Å². The number of nitrogens with zero attached hydrogens (tertiary/aromatic N) is 2. The first-order valence-corrected chi connectivity index (χ1v) is 5.54. The molecule has 2 rings (SSSR count). The number of anilines is 2. The lowest BCUT2D eigenvalue weighted by Crippen LogP contribution is -2.42. The van der Waals surface area contributed by atoms with Gasteiger partial charge in [-0.2, -0.15) is 0 Å². The molecule has 1 aliphatic heterocycles. The van der Waals surface area contributed by atoms with Crippen molar-refractivity contribution >= 4 is 17.2 Å². The molecule has 0 atom stereocenters. The second-order valence-electron chi connectivity index (χ2n) is 3.94. The molecule has 5 nitrogen and oxygen atoms in total. The summed E-state index contributed by atoms with van der Waals surface area (Å²) in [6.07, 6.45) is 0. The van der Waals surface area contributed by atoms with Gasteiger partial charge >= 0.3 is 0 Å². The minimum atomic E-state index is 0.470. The third kappa shape index (κ3) is 2.50. The Kier molecular flexibility index (Phi) is 3.49. The molecule has 0 radical (unpaired) electrons. The van der Waals surface area contributed by atoms with Gasteiger partial charge in [0.15, 0.2) is 5.84 Å². The van der Waals surface area contributed by atoms with E-state index >= 15 is 0 Å². The molecule has 1 aromatic rings. The summed E-state index contributed by atoms with van der Waals surface area (Å²) in [7, 11) is 1.54. The van der Waals surface area contributed by atoms with Crippen molar-refractivity contribution in [1.29, 1.82) is 0 Å². The standard InChI is InChI=1S/C12H17N3O2/c1-9-7-10(13)3-4-11(9)15-5-6-17-8-12(15)14-16-2/h3-4,7H,5-6,8,13H2,1-2H3. The fourth-order valence-corrected chi connectivity index (χ4v) is 1.95. The van der Waals surface area contributed by atoms with E-state index in [0.717, 1.165) is 29.3 Å². The van der Waals surface area contributed by atoms with Crippen LogP contribution in [0.4, 0.5) is 11.4 Å². The fourth-order valence-electron chi connectivity index (χ4n) is 1.95. The summed E-state index contributed by atoms with van der Waals surface area (Å²) in [4.78, 5) is 6.94. The van der Waals surface area contributed by atoms with Crippen molar-refractivity contribution in [2.45, 2.75) is 6.92 Å². The Labute approximate surface area is 101 Å². The van der Waals surface area contributed by atoms with Crippen molar-refractivity contribution in [1.82, 2.24) is 0 Å². The van der Waals surface area contributed by atoms with E-state index in [4.69, 9.17) is 15.3 Å². The summed E-state index contributed by atoms with van der Waals surface area (Å²) >= 11 is 0. The van der Waals surface area contributed by atoms with Gasteiger partial charge in [0.25, 0.3) is 0 Å². The van der Waals surface area contributed by atoms with Crippen molar-refractivity contribution in [3.8, 4) is 0 Å². The van der Waals surface area contributed by atoms with Crippen LogP contribution in [0.25, 0.3) is 0 Å². The lowest BCUT2D eigenvalue weighted by Gasteiger charge is -2.30. The predicted molar refractivity (Wildman–Crippen MR) is 68.2 cm³/mol. The number of ether oxygens (including phenoxy) is 1. The Morgan fingerprint density at radius 2 is 2.29 bits per heavy atom. The van der Waals surface area contributed by atoms with Crippen molar-refractivity contribution in [2.75, 3.05) is 37.5 Å². The number of morpholine rings is 1. The SMILES string of the molecule is CON=C1COCCN1c1ccc(N)cc1C. The quantitative estimate of drug-likeness (QED) is 0.621. The fraction of sp³-hybridized carbons (Fsp3) is 0.417. The highest BCUT2D eigenvalue weighted by Gasteiger charge is 2.20. The van der Waals surface area contributed by atoms with Gasteiger partial charge in [0.2, 0.25) is 0 Å². The van der Waals surface area contributed by atoms with E-state index in [0.29, 0.717) is 13.2 Å². The molecule has 1 aromatic carbocycles. The molecule has 1 saturated heterocycles. The molecule has 1 fully saturated rings. The number of hydrogen-bond acceptors (Lipinski definition) is 4. The first kappa shape index (κ1) is 11.7. The smallest absolute Gasteiger partial charge is 0.175 e. The number of nitrogens with two attached hydrogens (primary N) is 1. The zero-order chi connectivity index (χ0) is 12.3. The third-order valence-electron chi connectivity index (χ3n) is 2.71. The normalized spacial score (nSPS) is 18.5. The summed E-state index contributed by atoms with van der Waals surface area (Å²) in [5.41, 5.74) is 8.74. The molecule has 1 aliphatic rings. The summed E-state index contributed by atoms with van der Waals surface area (Å²) < 4.78 is 5.37. The number of aryl methyl sites for hydroxylation is 1. The Hall–Kier alpha value is -1.75. The molecule has 0 saturated carbocycles. The molecule has 0 unspecified atom stereocenters. The topological polar surface area (TPSA) is 60.1 Å². The minimum Gasteiger partial charge on any atom is -0.399 e. The monoisotopic (exact) mass is 235 g/mol. The van der Waals surface area contributed by atoms with E-state index in [2.05, 4.69) is 10.1 Å². The maximum absolute atomic E-state index is 5.75. The molecule has 0 spiro atoms. The van der Waals surface area contributed by atoms with Crippen LogP contribution in [0.1, 0.15) is 5.56 Å². The van der Waals surface area contributed by atoms with Crippen molar-refractivity contribution < 1.29 is 9.57 Å². The highest BCUT2D eigenvalue weighted by atomic mass is 16.6. The van der Waals surface area contributed by atoms with Crippen molar-refractivity contribution in [2.24, 2.45) is 5.16 Å². The Morgan fingerprint density at radius 1 is 1.47 bits per heavy atom. The highest BCUT2D eigenvalue weighted by molar-refractivity contribution is 5.99. The Bertz CT molecular complexity index is 432. The van der Waals surface area contributed by atoms with Gasteiger partial charge in [-0.05, 0) is 30.7 Å².